The SMILES string of the molecule is CC(C)(C)N(C(=O)O)C1(c2ccc(Nc3nc(NCCN4CCOCC4)ccc3[N+](=O)[O-])cc2)CCC1. The summed E-state index contributed by atoms with van der Waals surface area (Å²) in [5, 5.41) is 28.0. The molecule has 37 heavy (non-hydrogen) atoms. The average molecular weight is 513 g/mol. The van der Waals surface area contributed by atoms with Gasteiger partial charge in [0.05, 0.1) is 23.7 Å². The van der Waals surface area contributed by atoms with Crippen LogP contribution in [0.2, 0.25) is 0 Å². The van der Waals surface area contributed by atoms with Gasteiger partial charge in [-0.15, -0.1) is 0 Å². The second-order valence-electron chi connectivity index (χ2n) is 10.6. The van der Waals surface area contributed by atoms with Crippen LogP contribution >= 0.6 is 0 Å². The van der Waals surface area contributed by atoms with E-state index in [2.05, 4.69) is 20.5 Å². The molecule has 2 heterocycles. The summed E-state index contributed by atoms with van der Waals surface area (Å²) in [4.78, 5) is 31.7. The molecule has 1 saturated carbocycles. The molecule has 1 aliphatic heterocycles. The van der Waals surface area contributed by atoms with Crippen LogP contribution in [-0.4, -0.2) is 75.8 Å². The molecular formula is C26H36N6O5. The largest absolute Gasteiger partial charge is 0.465 e. The molecule has 1 aromatic heterocycles. The number of nitro groups is 1. The van der Waals surface area contributed by atoms with Gasteiger partial charge in [0.25, 0.3) is 0 Å². The lowest BCUT2D eigenvalue weighted by molar-refractivity contribution is -0.384. The monoisotopic (exact) mass is 512 g/mol. The van der Waals surface area contributed by atoms with E-state index in [-0.39, 0.29) is 11.5 Å². The van der Waals surface area contributed by atoms with E-state index in [1.807, 2.05) is 45.0 Å². The second-order valence-corrected chi connectivity index (χ2v) is 10.6. The van der Waals surface area contributed by atoms with Crippen LogP contribution in [0.1, 0.15) is 45.6 Å². The molecule has 0 atom stereocenters. The zero-order chi connectivity index (χ0) is 26.6. The number of nitrogens with zero attached hydrogens (tertiary/aromatic N) is 4. The Labute approximate surface area is 217 Å². The molecule has 11 nitrogen and oxygen atoms in total. The maximum absolute atomic E-state index is 12.2. The van der Waals surface area contributed by atoms with Crippen molar-refractivity contribution in [1.82, 2.24) is 14.8 Å². The van der Waals surface area contributed by atoms with Crippen LogP contribution in [0.3, 0.4) is 0 Å². The molecule has 4 rings (SSSR count). The topological polar surface area (TPSA) is 133 Å². The van der Waals surface area contributed by atoms with Gasteiger partial charge in [0, 0.05) is 43.5 Å². The third-order valence-corrected chi connectivity index (χ3v) is 7.06. The summed E-state index contributed by atoms with van der Waals surface area (Å²) in [7, 11) is 0. The Kier molecular flexibility index (Phi) is 7.84. The average Bonchev–Trinajstić information content (AvgIpc) is 2.81. The highest BCUT2D eigenvalue weighted by atomic mass is 16.6. The van der Waals surface area contributed by atoms with Gasteiger partial charge in [-0.3, -0.25) is 19.9 Å². The van der Waals surface area contributed by atoms with Crippen LogP contribution in [0.5, 0.6) is 0 Å². The fraction of sp³-hybridized carbons (Fsp3) is 0.538. The number of carboxylic acid groups (broad SMARTS) is 1. The first kappa shape index (κ1) is 26.6. The fourth-order valence-electron chi connectivity index (χ4n) is 5.22. The van der Waals surface area contributed by atoms with E-state index in [4.69, 9.17) is 4.74 Å². The summed E-state index contributed by atoms with van der Waals surface area (Å²) in [6.45, 7) is 10.4. The third-order valence-electron chi connectivity index (χ3n) is 7.06. The Bertz CT molecular complexity index is 1110. The van der Waals surface area contributed by atoms with Gasteiger partial charge in [0.15, 0.2) is 0 Å². The van der Waals surface area contributed by atoms with Crippen molar-refractivity contribution in [2.45, 2.75) is 51.1 Å². The molecule has 2 fully saturated rings. The van der Waals surface area contributed by atoms with E-state index in [1.54, 1.807) is 11.0 Å². The lowest BCUT2D eigenvalue weighted by Gasteiger charge is -2.54. The lowest BCUT2D eigenvalue weighted by atomic mass is 9.69. The summed E-state index contributed by atoms with van der Waals surface area (Å²) in [6.07, 6.45) is 1.54. The van der Waals surface area contributed by atoms with Crippen LogP contribution in [0, 0.1) is 10.1 Å². The van der Waals surface area contributed by atoms with Crippen molar-refractivity contribution in [1.29, 1.82) is 0 Å². The summed E-state index contributed by atoms with van der Waals surface area (Å²) >= 11 is 0. The highest BCUT2D eigenvalue weighted by Gasteiger charge is 2.50. The minimum Gasteiger partial charge on any atom is -0.465 e. The van der Waals surface area contributed by atoms with Crippen LogP contribution in [0.4, 0.5) is 27.8 Å². The van der Waals surface area contributed by atoms with Crippen LogP contribution in [0.15, 0.2) is 36.4 Å². The minimum absolute atomic E-state index is 0.122. The van der Waals surface area contributed by atoms with E-state index >= 15 is 0 Å². The molecular weight excluding hydrogens is 476 g/mol. The Balaban J connectivity index is 1.49. The molecule has 1 aromatic carbocycles. The number of hydrogen-bond donors (Lipinski definition) is 3. The third kappa shape index (κ3) is 5.94. The van der Waals surface area contributed by atoms with E-state index in [9.17, 15) is 20.0 Å². The summed E-state index contributed by atoms with van der Waals surface area (Å²) < 4.78 is 5.37. The Morgan fingerprint density at radius 1 is 1.19 bits per heavy atom. The number of hydrogen-bond acceptors (Lipinski definition) is 8. The number of anilines is 3. The first-order valence-electron chi connectivity index (χ1n) is 12.7. The maximum atomic E-state index is 12.2. The standard InChI is InChI=1S/C26H36N6O5/c1-25(2,3)31(24(33)34)26(11-4-12-26)19-5-7-20(8-6-19)28-23-21(32(35)36)9-10-22(29-23)27-13-14-30-15-17-37-18-16-30/h5-10H,4,11-18H2,1-3H3,(H,33,34)(H2,27,28,29). The number of ether oxygens (including phenoxy) is 1. The molecule has 0 bridgehead atoms. The van der Waals surface area contributed by atoms with E-state index in [1.165, 1.54) is 6.07 Å². The van der Waals surface area contributed by atoms with Crippen LogP contribution in [-0.2, 0) is 10.3 Å². The van der Waals surface area contributed by atoms with Crippen molar-refractivity contribution in [3.8, 4) is 0 Å². The van der Waals surface area contributed by atoms with Crippen LogP contribution in [0.25, 0.3) is 0 Å². The van der Waals surface area contributed by atoms with E-state index < -0.39 is 22.1 Å². The molecule has 1 amide bonds. The zero-order valence-corrected chi connectivity index (χ0v) is 21.7. The molecule has 1 aliphatic carbocycles. The summed E-state index contributed by atoms with van der Waals surface area (Å²) in [5.41, 5.74) is 0.308. The van der Waals surface area contributed by atoms with Crippen molar-refractivity contribution in [2.24, 2.45) is 0 Å². The van der Waals surface area contributed by atoms with Crippen molar-refractivity contribution in [3.05, 3.63) is 52.1 Å². The molecule has 2 aromatic rings. The molecule has 0 radical (unpaired) electrons. The van der Waals surface area contributed by atoms with Gasteiger partial charge in [0.1, 0.15) is 5.82 Å². The Morgan fingerprint density at radius 3 is 2.41 bits per heavy atom. The minimum atomic E-state index is -0.938. The first-order valence-corrected chi connectivity index (χ1v) is 12.7. The molecule has 200 valence electrons. The molecule has 0 unspecified atom stereocenters. The number of aromatic nitrogens is 1. The number of benzene rings is 1. The highest BCUT2D eigenvalue weighted by molar-refractivity contribution is 5.70. The van der Waals surface area contributed by atoms with Gasteiger partial charge in [-0.1, -0.05) is 12.1 Å². The first-order chi connectivity index (χ1) is 17.6. The van der Waals surface area contributed by atoms with Gasteiger partial charge < -0.3 is 20.5 Å². The predicted octanol–water partition coefficient (Wildman–Crippen LogP) is 4.64. The lowest BCUT2D eigenvalue weighted by Crippen LogP contribution is -2.60. The van der Waals surface area contributed by atoms with Gasteiger partial charge in [0.2, 0.25) is 5.82 Å². The quantitative estimate of drug-likeness (QED) is 0.325. The van der Waals surface area contributed by atoms with Gasteiger partial charge in [-0.2, -0.15) is 0 Å². The van der Waals surface area contributed by atoms with E-state index in [0.29, 0.717) is 18.1 Å². The highest BCUT2D eigenvalue weighted by Crippen LogP contribution is 2.49. The number of rotatable bonds is 9. The number of carbonyl (C=O) groups is 1. The molecule has 2 aliphatic rings. The number of pyridine rings is 1. The van der Waals surface area contributed by atoms with Gasteiger partial charge in [-0.25, -0.2) is 9.78 Å². The zero-order valence-electron chi connectivity index (χ0n) is 21.7. The smallest absolute Gasteiger partial charge is 0.408 e. The van der Waals surface area contributed by atoms with Crippen molar-refractivity contribution in [3.63, 3.8) is 0 Å². The maximum Gasteiger partial charge on any atom is 0.408 e. The molecule has 11 heteroatoms. The van der Waals surface area contributed by atoms with Crippen molar-refractivity contribution >= 4 is 29.1 Å². The second kappa shape index (κ2) is 10.9. The van der Waals surface area contributed by atoms with Crippen LogP contribution < -0.4 is 10.6 Å². The van der Waals surface area contributed by atoms with E-state index in [0.717, 1.165) is 57.7 Å². The Hall–Kier alpha value is -3.44. The Morgan fingerprint density at radius 2 is 1.86 bits per heavy atom. The van der Waals surface area contributed by atoms with Crippen molar-refractivity contribution < 1.29 is 19.6 Å². The number of nitrogens with one attached hydrogen (secondary N) is 2. The fourth-order valence-corrected chi connectivity index (χ4v) is 5.22. The molecule has 0 spiro atoms. The van der Waals surface area contributed by atoms with Crippen molar-refractivity contribution in [2.75, 3.05) is 50.0 Å². The summed E-state index contributed by atoms with van der Waals surface area (Å²) in [5.74, 6) is 0.697. The normalized spacial score (nSPS) is 17.5. The molecule has 1 saturated heterocycles. The van der Waals surface area contributed by atoms with Gasteiger partial charge in [-0.05, 0) is 63.8 Å². The summed E-state index contributed by atoms with van der Waals surface area (Å²) in [6, 6.07) is 10.5. The predicted molar refractivity (Wildman–Crippen MR) is 142 cm³/mol. The number of morpholine rings is 1. The molecule has 3 N–H and O–H groups in total. The van der Waals surface area contributed by atoms with Gasteiger partial charge >= 0.3 is 11.8 Å². The number of amides is 1.